The van der Waals surface area contributed by atoms with Crippen molar-refractivity contribution in [2.45, 2.75) is 6.92 Å². The van der Waals surface area contributed by atoms with Gasteiger partial charge in [-0.05, 0) is 48.9 Å². The molecule has 2 aromatic carbocycles. The maximum atomic E-state index is 10.2. The molecule has 0 spiro atoms. The Kier molecular flexibility index (Phi) is 3.01. The number of benzene rings is 2. The molecular formula is C15H11N2OS. The fraction of sp³-hybridized carbons (Fsp3) is 0.0667. The normalized spacial score (nSPS) is 10.6. The van der Waals surface area contributed by atoms with Gasteiger partial charge >= 0.3 is 6.41 Å². The fourth-order valence-corrected chi connectivity index (χ4v) is 2.98. The Bertz CT molecular complexity index is 731. The van der Waals surface area contributed by atoms with Crippen LogP contribution in [0.1, 0.15) is 5.56 Å². The van der Waals surface area contributed by atoms with Crippen LogP contribution in [0, 0.1) is 6.92 Å². The highest BCUT2D eigenvalue weighted by Gasteiger charge is 2.06. The Morgan fingerprint density at radius 3 is 2.68 bits per heavy atom. The van der Waals surface area contributed by atoms with Gasteiger partial charge in [-0.25, -0.2) is 4.98 Å². The van der Waals surface area contributed by atoms with Gasteiger partial charge in [0.1, 0.15) is 5.01 Å². The van der Waals surface area contributed by atoms with Crippen LogP contribution in [-0.2, 0) is 4.79 Å². The molecule has 93 valence electrons. The van der Waals surface area contributed by atoms with Gasteiger partial charge in [-0.2, -0.15) is 0 Å². The number of nitrogens with zero attached hydrogens (tertiary/aromatic N) is 1. The molecule has 1 radical (unpaired) electrons. The van der Waals surface area contributed by atoms with Crippen molar-refractivity contribution in [2.24, 2.45) is 0 Å². The predicted molar refractivity (Wildman–Crippen MR) is 79.1 cm³/mol. The molecule has 1 amide bonds. The van der Waals surface area contributed by atoms with E-state index in [-0.39, 0.29) is 0 Å². The summed E-state index contributed by atoms with van der Waals surface area (Å²) >= 11 is 1.67. The van der Waals surface area contributed by atoms with E-state index in [1.54, 1.807) is 17.7 Å². The van der Waals surface area contributed by atoms with Gasteiger partial charge in [0.15, 0.2) is 0 Å². The molecule has 0 unspecified atom stereocenters. The van der Waals surface area contributed by atoms with E-state index in [1.165, 1.54) is 10.3 Å². The molecule has 1 heterocycles. The van der Waals surface area contributed by atoms with Crippen molar-refractivity contribution < 1.29 is 4.79 Å². The molecule has 19 heavy (non-hydrogen) atoms. The second-order valence-corrected chi connectivity index (χ2v) is 5.33. The zero-order valence-electron chi connectivity index (χ0n) is 10.3. The number of aryl methyl sites for hydroxylation is 1. The van der Waals surface area contributed by atoms with Gasteiger partial charge in [-0.15, -0.1) is 11.3 Å². The lowest BCUT2D eigenvalue weighted by Crippen LogP contribution is -1.92. The molecule has 0 aliphatic carbocycles. The lowest BCUT2D eigenvalue weighted by molar-refractivity contribution is 0.561. The molecule has 0 saturated carbocycles. The van der Waals surface area contributed by atoms with Crippen molar-refractivity contribution in [3.63, 3.8) is 0 Å². The van der Waals surface area contributed by atoms with E-state index in [1.807, 2.05) is 30.3 Å². The number of amides is 1. The Morgan fingerprint density at radius 2 is 1.95 bits per heavy atom. The van der Waals surface area contributed by atoms with E-state index in [9.17, 15) is 4.79 Å². The Balaban J connectivity index is 2.01. The second-order valence-electron chi connectivity index (χ2n) is 4.29. The van der Waals surface area contributed by atoms with Gasteiger partial charge in [0.2, 0.25) is 0 Å². The summed E-state index contributed by atoms with van der Waals surface area (Å²) in [4.78, 5) is 14.9. The minimum atomic E-state index is 0.732. The SMILES string of the molecule is Cc1ccc2nc(-c3ccc(N[C]=O)cc3)sc2c1. The molecule has 3 nitrogen and oxygen atoms in total. The first-order chi connectivity index (χ1) is 9.26. The molecule has 4 heteroatoms. The number of carbonyl (C=O) groups excluding carboxylic acids is 1. The minimum absolute atomic E-state index is 0.732. The number of hydrogen-bond donors (Lipinski definition) is 1. The van der Waals surface area contributed by atoms with Crippen molar-refractivity contribution in [1.29, 1.82) is 0 Å². The average molecular weight is 267 g/mol. The maximum Gasteiger partial charge on any atom is 0.314 e. The van der Waals surface area contributed by atoms with Crippen LogP contribution in [0.15, 0.2) is 42.5 Å². The van der Waals surface area contributed by atoms with Gasteiger partial charge in [-0.1, -0.05) is 6.07 Å². The van der Waals surface area contributed by atoms with Crippen molar-refractivity contribution in [2.75, 3.05) is 5.32 Å². The molecule has 0 atom stereocenters. The van der Waals surface area contributed by atoms with Crippen LogP contribution in [0.25, 0.3) is 20.8 Å². The summed E-state index contributed by atoms with van der Waals surface area (Å²) in [6.45, 7) is 2.08. The Labute approximate surface area is 114 Å². The third-order valence-corrected chi connectivity index (χ3v) is 3.94. The number of aromatic nitrogens is 1. The average Bonchev–Trinajstić information content (AvgIpc) is 2.83. The fourth-order valence-electron chi connectivity index (χ4n) is 1.91. The molecule has 3 rings (SSSR count). The summed E-state index contributed by atoms with van der Waals surface area (Å²) < 4.78 is 1.19. The molecule has 0 bridgehead atoms. The van der Waals surface area contributed by atoms with Crippen molar-refractivity contribution in [3.05, 3.63) is 48.0 Å². The van der Waals surface area contributed by atoms with E-state index in [0.29, 0.717) is 0 Å². The standard InChI is InChI=1S/C15H11N2OS/c1-10-2-7-13-14(8-10)19-15(17-13)11-3-5-12(6-4-11)16-9-18/h2-8H,1H3,(H,16,18). The summed E-state index contributed by atoms with van der Waals surface area (Å²) in [5.74, 6) is 0. The Hall–Kier alpha value is -2.20. The number of hydrogen-bond acceptors (Lipinski definition) is 3. The lowest BCUT2D eigenvalue weighted by atomic mass is 10.2. The Morgan fingerprint density at radius 1 is 1.16 bits per heavy atom. The monoisotopic (exact) mass is 267 g/mol. The molecule has 3 aromatic rings. The lowest BCUT2D eigenvalue weighted by Gasteiger charge is -1.99. The van der Waals surface area contributed by atoms with Crippen LogP contribution in [0.4, 0.5) is 5.69 Å². The quantitative estimate of drug-likeness (QED) is 0.734. The van der Waals surface area contributed by atoms with Gasteiger partial charge in [0.05, 0.1) is 10.2 Å². The highest BCUT2D eigenvalue weighted by molar-refractivity contribution is 7.21. The minimum Gasteiger partial charge on any atom is -0.318 e. The number of thiazole rings is 1. The first-order valence-corrected chi connectivity index (χ1v) is 6.69. The highest BCUT2D eigenvalue weighted by Crippen LogP contribution is 2.31. The van der Waals surface area contributed by atoms with Gasteiger partial charge in [-0.3, -0.25) is 4.79 Å². The van der Waals surface area contributed by atoms with E-state index < -0.39 is 0 Å². The van der Waals surface area contributed by atoms with Crippen LogP contribution in [0.2, 0.25) is 0 Å². The highest BCUT2D eigenvalue weighted by atomic mass is 32.1. The maximum absolute atomic E-state index is 10.2. The zero-order valence-corrected chi connectivity index (χ0v) is 11.1. The molecular weight excluding hydrogens is 256 g/mol. The van der Waals surface area contributed by atoms with Crippen LogP contribution < -0.4 is 5.32 Å². The van der Waals surface area contributed by atoms with Gasteiger partial charge < -0.3 is 5.32 Å². The van der Waals surface area contributed by atoms with Crippen molar-refractivity contribution in [3.8, 4) is 10.6 Å². The first-order valence-electron chi connectivity index (χ1n) is 5.87. The number of anilines is 1. The van der Waals surface area contributed by atoms with E-state index in [0.717, 1.165) is 21.8 Å². The van der Waals surface area contributed by atoms with Crippen LogP contribution in [0.3, 0.4) is 0 Å². The largest absolute Gasteiger partial charge is 0.318 e. The predicted octanol–water partition coefficient (Wildman–Crippen LogP) is 3.75. The second kappa shape index (κ2) is 4.82. The van der Waals surface area contributed by atoms with Gasteiger partial charge in [0.25, 0.3) is 0 Å². The summed E-state index contributed by atoms with van der Waals surface area (Å²) in [5.41, 5.74) is 4.05. The van der Waals surface area contributed by atoms with Crippen LogP contribution >= 0.6 is 11.3 Å². The smallest absolute Gasteiger partial charge is 0.314 e. The number of rotatable bonds is 3. The third kappa shape index (κ3) is 2.35. The molecule has 0 aliphatic rings. The third-order valence-electron chi connectivity index (χ3n) is 2.87. The topological polar surface area (TPSA) is 42.0 Å². The van der Waals surface area contributed by atoms with Crippen LogP contribution in [-0.4, -0.2) is 11.4 Å². The van der Waals surface area contributed by atoms with E-state index in [4.69, 9.17) is 0 Å². The molecule has 0 saturated heterocycles. The number of fused-ring (bicyclic) bond motifs is 1. The number of nitrogens with one attached hydrogen (secondary N) is 1. The van der Waals surface area contributed by atoms with E-state index >= 15 is 0 Å². The summed E-state index contributed by atoms with van der Waals surface area (Å²) in [6, 6.07) is 13.8. The van der Waals surface area contributed by atoms with Crippen molar-refractivity contribution >= 4 is 33.7 Å². The zero-order chi connectivity index (χ0) is 13.2. The summed E-state index contributed by atoms with van der Waals surface area (Å²) in [6.07, 6.45) is 1.66. The molecule has 0 aliphatic heterocycles. The summed E-state index contributed by atoms with van der Waals surface area (Å²) in [7, 11) is 0. The van der Waals surface area contributed by atoms with E-state index in [2.05, 4.69) is 29.4 Å². The summed E-state index contributed by atoms with van der Waals surface area (Å²) in [5, 5.41) is 3.49. The first kappa shape index (κ1) is 11.9. The van der Waals surface area contributed by atoms with Gasteiger partial charge in [0, 0.05) is 11.3 Å². The molecule has 1 N–H and O–H groups in total. The molecule has 1 aromatic heterocycles. The molecule has 0 fully saturated rings. The van der Waals surface area contributed by atoms with Crippen molar-refractivity contribution in [1.82, 2.24) is 4.98 Å². The van der Waals surface area contributed by atoms with Crippen LogP contribution in [0.5, 0.6) is 0 Å².